The first-order valence-corrected chi connectivity index (χ1v) is 8.17. The smallest absolute Gasteiger partial charge is 0.224 e. The monoisotopic (exact) mass is 394 g/mol. The summed E-state index contributed by atoms with van der Waals surface area (Å²) in [7, 11) is 0. The van der Waals surface area contributed by atoms with Crippen LogP contribution in [0.4, 0.5) is 5.69 Å². The van der Waals surface area contributed by atoms with Crippen LogP contribution in [-0.4, -0.2) is 15.5 Å². The van der Waals surface area contributed by atoms with Gasteiger partial charge in [-0.15, -0.1) is 24.8 Å². The van der Waals surface area contributed by atoms with Gasteiger partial charge in [-0.3, -0.25) is 4.79 Å². The van der Waals surface area contributed by atoms with E-state index in [2.05, 4.69) is 27.9 Å². The molecule has 1 amide bonds. The van der Waals surface area contributed by atoms with E-state index in [1.54, 1.807) is 0 Å². The molecule has 0 bridgehead atoms. The molecular weight excluding hydrogens is 371 g/mol. The molecule has 0 aliphatic carbocycles. The minimum absolute atomic E-state index is 0. The molecule has 0 radical (unpaired) electrons. The average Bonchev–Trinajstić information content (AvgIpc) is 2.95. The number of aromatic nitrogens is 2. The normalized spacial score (nSPS) is 11.3. The molecule has 0 aliphatic heterocycles. The van der Waals surface area contributed by atoms with Crippen LogP contribution >= 0.6 is 24.8 Å². The number of anilines is 1. The van der Waals surface area contributed by atoms with Crippen molar-refractivity contribution in [3.05, 3.63) is 59.9 Å². The third kappa shape index (κ3) is 4.68. The van der Waals surface area contributed by atoms with E-state index in [0.717, 1.165) is 29.0 Å². The van der Waals surface area contributed by atoms with Crippen LogP contribution < -0.4 is 11.1 Å². The lowest BCUT2D eigenvalue weighted by Crippen LogP contribution is -2.30. The second-order valence-corrected chi connectivity index (χ2v) is 5.91. The van der Waals surface area contributed by atoms with E-state index in [1.807, 2.05) is 49.4 Å². The number of nitrogens with one attached hydrogen (secondary N) is 1. The molecule has 3 N–H and O–H groups in total. The Labute approximate surface area is 165 Å². The van der Waals surface area contributed by atoms with Crippen molar-refractivity contribution in [1.82, 2.24) is 14.9 Å². The molecule has 1 heterocycles. The van der Waals surface area contributed by atoms with Gasteiger partial charge in [0.2, 0.25) is 5.91 Å². The van der Waals surface area contributed by atoms with E-state index in [1.165, 1.54) is 0 Å². The molecule has 3 rings (SSSR count). The highest BCUT2D eigenvalue weighted by Crippen LogP contribution is 2.20. The lowest BCUT2D eigenvalue weighted by atomic mass is 10.1. The van der Waals surface area contributed by atoms with Gasteiger partial charge in [-0.25, -0.2) is 4.98 Å². The number of halogens is 2. The van der Waals surface area contributed by atoms with Gasteiger partial charge in [-0.2, -0.15) is 0 Å². The molecule has 3 aromatic rings. The van der Waals surface area contributed by atoms with Crippen LogP contribution in [0, 0.1) is 0 Å². The van der Waals surface area contributed by atoms with Crippen molar-refractivity contribution < 1.29 is 4.79 Å². The van der Waals surface area contributed by atoms with E-state index in [0.29, 0.717) is 12.1 Å². The summed E-state index contributed by atoms with van der Waals surface area (Å²) < 4.78 is 2.14. The van der Waals surface area contributed by atoms with Crippen molar-refractivity contribution in [3.8, 4) is 0 Å². The lowest BCUT2D eigenvalue weighted by Gasteiger charge is -2.15. The van der Waals surface area contributed by atoms with Crippen molar-refractivity contribution in [1.29, 1.82) is 0 Å². The number of aryl methyl sites for hydroxylation is 1. The Morgan fingerprint density at radius 3 is 2.46 bits per heavy atom. The van der Waals surface area contributed by atoms with E-state index >= 15 is 0 Å². The second kappa shape index (κ2) is 9.46. The maximum atomic E-state index is 12.3. The number of nitrogens with zero attached hydrogens (tertiary/aromatic N) is 2. The molecule has 5 nitrogen and oxygen atoms in total. The fourth-order valence-electron chi connectivity index (χ4n) is 2.93. The highest BCUT2D eigenvalue weighted by atomic mass is 35.5. The maximum Gasteiger partial charge on any atom is 0.224 e. The van der Waals surface area contributed by atoms with Crippen LogP contribution in [0.25, 0.3) is 11.0 Å². The molecule has 1 unspecified atom stereocenters. The van der Waals surface area contributed by atoms with Crippen molar-refractivity contribution >= 4 is 47.4 Å². The molecule has 1 aromatic heterocycles. The standard InChI is InChI=1S/C19H22N4O.2ClH/c1-3-23-17-7-5-4-6-16(17)22-19(23)13(2)21-18(24)12-14-8-10-15(20)11-9-14;;/h4-11,13H,3,12,20H2,1-2H3,(H,21,24);2*1H. The lowest BCUT2D eigenvalue weighted by molar-refractivity contribution is -0.121. The first-order valence-electron chi connectivity index (χ1n) is 8.17. The summed E-state index contributed by atoms with van der Waals surface area (Å²) in [6.45, 7) is 4.86. The maximum absolute atomic E-state index is 12.3. The first-order chi connectivity index (χ1) is 11.6. The summed E-state index contributed by atoms with van der Waals surface area (Å²) in [5.74, 6) is 0.853. The molecule has 1 atom stereocenters. The third-order valence-electron chi connectivity index (χ3n) is 4.11. The number of para-hydroxylation sites is 2. The predicted molar refractivity (Wildman–Crippen MR) is 111 cm³/mol. The zero-order chi connectivity index (χ0) is 17.1. The number of nitrogen functional groups attached to an aromatic ring is 1. The Morgan fingerprint density at radius 2 is 1.81 bits per heavy atom. The van der Waals surface area contributed by atoms with Gasteiger partial charge in [0.25, 0.3) is 0 Å². The Hall–Kier alpha value is -2.24. The van der Waals surface area contributed by atoms with Gasteiger partial charge in [0.15, 0.2) is 0 Å². The summed E-state index contributed by atoms with van der Waals surface area (Å²) in [6, 6.07) is 15.2. The summed E-state index contributed by atoms with van der Waals surface area (Å²) in [6.07, 6.45) is 0.330. The largest absolute Gasteiger partial charge is 0.399 e. The SMILES string of the molecule is CCn1c(C(C)NC(=O)Cc2ccc(N)cc2)nc2ccccc21.Cl.Cl. The number of rotatable bonds is 5. The topological polar surface area (TPSA) is 72.9 Å². The minimum Gasteiger partial charge on any atom is -0.399 e. The predicted octanol–water partition coefficient (Wildman–Crippen LogP) is 3.90. The number of carbonyl (C=O) groups excluding carboxylic acids is 1. The molecule has 0 saturated heterocycles. The number of hydrogen-bond donors (Lipinski definition) is 2. The number of nitrogens with two attached hydrogens (primary N) is 1. The van der Waals surface area contributed by atoms with E-state index in [-0.39, 0.29) is 36.8 Å². The van der Waals surface area contributed by atoms with Crippen LogP contribution in [0.15, 0.2) is 48.5 Å². The van der Waals surface area contributed by atoms with Crippen molar-refractivity contribution in [2.75, 3.05) is 5.73 Å². The van der Waals surface area contributed by atoms with Crippen molar-refractivity contribution in [2.24, 2.45) is 0 Å². The highest BCUT2D eigenvalue weighted by molar-refractivity contribution is 5.85. The molecular formula is C19H24Cl2N4O. The molecule has 0 spiro atoms. The Balaban J connectivity index is 0.00000169. The van der Waals surface area contributed by atoms with Crippen LogP contribution in [0.3, 0.4) is 0 Å². The molecule has 26 heavy (non-hydrogen) atoms. The fraction of sp³-hybridized carbons (Fsp3) is 0.263. The molecule has 7 heteroatoms. The third-order valence-corrected chi connectivity index (χ3v) is 4.11. The fourth-order valence-corrected chi connectivity index (χ4v) is 2.93. The number of carbonyl (C=O) groups is 1. The molecule has 2 aromatic carbocycles. The number of imidazole rings is 1. The van der Waals surface area contributed by atoms with Crippen LogP contribution in [0.5, 0.6) is 0 Å². The Kier molecular flexibility index (Phi) is 7.93. The van der Waals surface area contributed by atoms with Gasteiger partial charge in [0.1, 0.15) is 5.82 Å². The van der Waals surface area contributed by atoms with Gasteiger partial charge >= 0.3 is 0 Å². The average molecular weight is 395 g/mol. The first kappa shape index (κ1) is 21.8. The number of fused-ring (bicyclic) bond motifs is 1. The van der Waals surface area contributed by atoms with Crippen LogP contribution in [0.2, 0.25) is 0 Å². The summed E-state index contributed by atoms with van der Waals surface area (Å²) in [5, 5.41) is 3.04. The van der Waals surface area contributed by atoms with Gasteiger partial charge in [0, 0.05) is 12.2 Å². The molecule has 0 fully saturated rings. The second-order valence-electron chi connectivity index (χ2n) is 5.91. The quantitative estimate of drug-likeness (QED) is 0.644. The number of amides is 1. The van der Waals surface area contributed by atoms with Crippen molar-refractivity contribution in [2.45, 2.75) is 32.9 Å². The molecule has 140 valence electrons. The van der Waals surface area contributed by atoms with Gasteiger partial charge in [-0.1, -0.05) is 24.3 Å². The van der Waals surface area contributed by atoms with E-state index in [9.17, 15) is 4.79 Å². The van der Waals surface area contributed by atoms with Crippen molar-refractivity contribution in [3.63, 3.8) is 0 Å². The summed E-state index contributed by atoms with van der Waals surface area (Å²) in [4.78, 5) is 17.0. The zero-order valence-corrected chi connectivity index (χ0v) is 16.4. The van der Waals surface area contributed by atoms with E-state index < -0.39 is 0 Å². The molecule has 0 saturated carbocycles. The van der Waals surface area contributed by atoms with Crippen LogP contribution in [-0.2, 0) is 17.8 Å². The summed E-state index contributed by atoms with van der Waals surface area (Å²) >= 11 is 0. The Bertz CT molecular complexity index is 862. The van der Waals surface area contributed by atoms with Gasteiger partial charge < -0.3 is 15.6 Å². The van der Waals surface area contributed by atoms with Gasteiger partial charge in [0.05, 0.1) is 23.5 Å². The highest BCUT2D eigenvalue weighted by Gasteiger charge is 2.17. The number of hydrogen-bond acceptors (Lipinski definition) is 3. The summed E-state index contributed by atoms with van der Waals surface area (Å²) in [5.41, 5.74) is 9.36. The van der Waals surface area contributed by atoms with Crippen LogP contribution in [0.1, 0.15) is 31.3 Å². The minimum atomic E-state index is -0.154. The zero-order valence-electron chi connectivity index (χ0n) is 14.8. The van der Waals surface area contributed by atoms with E-state index in [4.69, 9.17) is 5.73 Å². The Morgan fingerprint density at radius 1 is 1.15 bits per heavy atom. The molecule has 0 aliphatic rings. The number of benzene rings is 2. The van der Waals surface area contributed by atoms with Gasteiger partial charge in [-0.05, 0) is 43.7 Å².